The number of hydrogen-bond acceptors (Lipinski definition) is 5. The lowest BCUT2D eigenvalue weighted by atomic mass is 9.99. The Kier molecular flexibility index (Phi) is 6.04. The summed E-state index contributed by atoms with van der Waals surface area (Å²) in [6, 6.07) is 8.05. The summed E-state index contributed by atoms with van der Waals surface area (Å²) in [5, 5.41) is 7.12. The Morgan fingerprint density at radius 2 is 1.86 bits per heavy atom. The maximum atomic E-state index is 12.3. The van der Waals surface area contributed by atoms with E-state index < -0.39 is 0 Å². The van der Waals surface area contributed by atoms with Crippen LogP contribution in [0.25, 0.3) is 5.78 Å². The Bertz CT molecular complexity index is 961. The van der Waals surface area contributed by atoms with E-state index in [-0.39, 0.29) is 11.9 Å². The number of carbonyl (C=O) groups is 1. The van der Waals surface area contributed by atoms with Crippen LogP contribution in [0.1, 0.15) is 60.3 Å². The number of hydrogen-bond donors (Lipinski definition) is 2. The van der Waals surface area contributed by atoms with Crippen molar-refractivity contribution in [2.75, 3.05) is 6.54 Å². The number of nitrogens with zero attached hydrogens (tertiary/aromatic N) is 4. The third-order valence-corrected chi connectivity index (χ3v) is 5.14. The highest BCUT2D eigenvalue weighted by Gasteiger charge is 2.13. The molecule has 0 bridgehead atoms. The molecule has 0 spiro atoms. The molecule has 148 valence electrons. The number of fused-ring (bicyclic) bond motifs is 1. The zero-order chi connectivity index (χ0) is 20.3. The minimum Gasteiger partial charge on any atom is -0.354 e. The van der Waals surface area contributed by atoms with Crippen LogP contribution in [0.2, 0.25) is 0 Å². The largest absolute Gasteiger partial charge is 0.354 e. The van der Waals surface area contributed by atoms with Crippen LogP contribution in [-0.4, -0.2) is 32.0 Å². The van der Waals surface area contributed by atoms with Gasteiger partial charge in [0.15, 0.2) is 0 Å². The van der Waals surface area contributed by atoms with Gasteiger partial charge in [-0.3, -0.25) is 4.79 Å². The first-order valence-electron chi connectivity index (χ1n) is 9.64. The molecule has 0 saturated heterocycles. The summed E-state index contributed by atoms with van der Waals surface area (Å²) in [7, 11) is 0. The van der Waals surface area contributed by atoms with Crippen LogP contribution < -0.4 is 11.1 Å². The van der Waals surface area contributed by atoms with Gasteiger partial charge in [-0.2, -0.15) is 10.1 Å². The first-order chi connectivity index (χ1) is 13.4. The van der Waals surface area contributed by atoms with Crippen molar-refractivity contribution in [3.05, 3.63) is 58.7 Å². The van der Waals surface area contributed by atoms with E-state index in [0.29, 0.717) is 31.1 Å². The van der Waals surface area contributed by atoms with Crippen LogP contribution in [0.4, 0.5) is 0 Å². The molecule has 0 aliphatic heterocycles. The molecule has 3 N–H and O–H groups in total. The normalized spacial score (nSPS) is 12.5. The summed E-state index contributed by atoms with van der Waals surface area (Å²) in [4.78, 5) is 20.9. The Labute approximate surface area is 165 Å². The van der Waals surface area contributed by atoms with Crippen molar-refractivity contribution in [3.63, 3.8) is 0 Å². The standard InChI is InChI=1S/C21H28N6O/c1-13(2)16-5-7-17(8-6-16)19(22)11-23-20(28)10-9-18-14(3)26-21-24-12-25-27(21)15(18)4/h5-8,12-13,19H,9-11,22H2,1-4H3,(H,23,28). The van der Waals surface area contributed by atoms with Gasteiger partial charge in [0.05, 0.1) is 0 Å². The van der Waals surface area contributed by atoms with Crippen molar-refractivity contribution < 1.29 is 4.79 Å². The molecule has 7 nitrogen and oxygen atoms in total. The van der Waals surface area contributed by atoms with Crippen molar-refractivity contribution in [3.8, 4) is 0 Å². The van der Waals surface area contributed by atoms with Crippen LogP contribution in [0.15, 0.2) is 30.6 Å². The number of nitrogens with two attached hydrogens (primary N) is 1. The Morgan fingerprint density at radius 3 is 2.54 bits per heavy atom. The number of rotatable bonds is 7. The average Bonchev–Trinajstić information content (AvgIpc) is 3.14. The van der Waals surface area contributed by atoms with E-state index in [1.807, 2.05) is 26.0 Å². The molecule has 0 radical (unpaired) electrons. The molecule has 1 unspecified atom stereocenters. The van der Waals surface area contributed by atoms with Gasteiger partial charge >= 0.3 is 0 Å². The second-order valence-electron chi connectivity index (χ2n) is 7.46. The molecule has 3 rings (SSSR count). The summed E-state index contributed by atoms with van der Waals surface area (Å²) in [5.74, 6) is 1.05. The summed E-state index contributed by atoms with van der Waals surface area (Å²) in [6.07, 6.45) is 2.47. The molecule has 0 aliphatic carbocycles. The molecule has 1 amide bonds. The molecule has 0 aliphatic rings. The molecule has 3 aromatic rings. The number of aromatic nitrogens is 4. The van der Waals surface area contributed by atoms with Crippen molar-refractivity contribution in [1.82, 2.24) is 24.9 Å². The molecule has 7 heteroatoms. The lowest BCUT2D eigenvalue weighted by Crippen LogP contribution is -2.32. The molecule has 28 heavy (non-hydrogen) atoms. The zero-order valence-corrected chi connectivity index (χ0v) is 16.9. The SMILES string of the molecule is Cc1nc2ncnn2c(C)c1CCC(=O)NCC(N)c1ccc(C(C)C)cc1. The Morgan fingerprint density at radius 1 is 1.18 bits per heavy atom. The number of carbonyl (C=O) groups excluding carboxylic acids is 1. The van der Waals surface area contributed by atoms with Crippen LogP contribution in [0.3, 0.4) is 0 Å². The van der Waals surface area contributed by atoms with Gasteiger partial charge in [0, 0.05) is 30.4 Å². The molecule has 2 heterocycles. The van der Waals surface area contributed by atoms with Gasteiger partial charge < -0.3 is 11.1 Å². The van der Waals surface area contributed by atoms with Crippen LogP contribution in [-0.2, 0) is 11.2 Å². The minimum absolute atomic E-state index is 0.0215. The van der Waals surface area contributed by atoms with Crippen molar-refractivity contribution >= 4 is 11.7 Å². The number of nitrogens with one attached hydrogen (secondary N) is 1. The lowest BCUT2D eigenvalue weighted by Gasteiger charge is -2.15. The van der Waals surface area contributed by atoms with Gasteiger partial charge in [-0.1, -0.05) is 38.1 Å². The van der Waals surface area contributed by atoms with Crippen molar-refractivity contribution in [2.24, 2.45) is 5.73 Å². The van der Waals surface area contributed by atoms with Gasteiger partial charge in [0.2, 0.25) is 5.91 Å². The van der Waals surface area contributed by atoms with Gasteiger partial charge in [0.1, 0.15) is 6.33 Å². The van der Waals surface area contributed by atoms with Gasteiger partial charge in [-0.05, 0) is 42.9 Å². The van der Waals surface area contributed by atoms with E-state index in [0.717, 1.165) is 22.5 Å². The van der Waals surface area contributed by atoms with E-state index in [1.54, 1.807) is 4.52 Å². The summed E-state index contributed by atoms with van der Waals surface area (Å²) < 4.78 is 1.71. The number of amides is 1. The Hall–Kier alpha value is -2.80. The minimum atomic E-state index is -0.221. The molecule has 0 saturated carbocycles. The quantitative estimate of drug-likeness (QED) is 0.656. The van der Waals surface area contributed by atoms with E-state index in [4.69, 9.17) is 5.73 Å². The topological polar surface area (TPSA) is 98.2 Å². The van der Waals surface area contributed by atoms with E-state index >= 15 is 0 Å². The first kappa shape index (κ1) is 19.9. The predicted molar refractivity (Wildman–Crippen MR) is 109 cm³/mol. The summed E-state index contributed by atoms with van der Waals surface area (Å²) >= 11 is 0. The van der Waals surface area contributed by atoms with E-state index in [1.165, 1.54) is 11.9 Å². The Balaban J connectivity index is 1.54. The summed E-state index contributed by atoms with van der Waals surface area (Å²) in [5.41, 5.74) is 11.4. The molecule has 0 fully saturated rings. The number of aryl methyl sites for hydroxylation is 2. The highest BCUT2D eigenvalue weighted by molar-refractivity contribution is 5.76. The van der Waals surface area contributed by atoms with Gasteiger partial charge in [0.25, 0.3) is 5.78 Å². The smallest absolute Gasteiger partial charge is 0.252 e. The van der Waals surface area contributed by atoms with E-state index in [9.17, 15) is 4.79 Å². The first-order valence-corrected chi connectivity index (χ1v) is 9.64. The highest BCUT2D eigenvalue weighted by atomic mass is 16.1. The third kappa shape index (κ3) is 4.36. The molecule has 2 aromatic heterocycles. The lowest BCUT2D eigenvalue weighted by molar-refractivity contribution is -0.121. The summed E-state index contributed by atoms with van der Waals surface area (Å²) in [6.45, 7) is 8.65. The average molecular weight is 380 g/mol. The van der Waals surface area contributed by atoms with Gasteiger partial charge in [-0.25, -0.2) is 9.50 Å². The molecular weight excluding hydrogens is 352 g/mol. The fraction of sp³-hybridized carbons (Fsp3) is 0.429. The van der Waals surface area contributed by atoms with Crippen LogP contribution >= 0.6 is 0 Å². The highest BCUT2D eigenvalue weighted by Crippen LogP contribution is 2.18. The fourth-order valence-corrected chi connectivity index (χ4v) is 3.31. The zero-order valence-electron chi connectivity index (χ0n) is 16.9. The predicted octanol–water partition coefficient (Wildman–Crippen LogP) is 2.61. The fourth-order valence-electron chi connectivity index (χ4n) is 3.31. The number of benzene rings is 1. The monoisotopic (exact) mass is 380 g/mol. The van der Waals surface area contributed by atoms with Gasteiger partial charge in [-0.15, -0.1) is 0 Å². The second kappa shape index (κ2) is 8.48. The molecular formula is C21H28N6O. The maximum absolute atomic E-state index is 12.3. The molecule has 1 atom stereocenters. The van der Waals surface area contributed by atoms with Crippen molar-refractivity contribution in [1.29, 1.82) is 0 Å². The van der Waals surface area contributed by atoms with Crippen LogP contribution in [0, 0.1) is 13.8 Å². The second-order valence-corrected chi connectivity index (χ2v) is 7.46. The molecule has 1 aromatic carbocycles. The third-order valence-electron chi connectivity index (χ3n) is 5.14. The van der Waals surface area contributed by atoms with E-state index in [2.05, 4.69) is 46.4 Å². The van der Waals surface area contributed by atoms with Crippen LogP contribution in [0.5, 0.6) is 0 Å². The maximum Gasteiger partial charge on any atom is 0.252 e. The van der Waals surface area contributed by atoms with Crippen molar-refractivity contribution in [2.45, 2.75) is 52.5 Å².